The molecule has 0 radical (unpaired) electrons. The molecule has 0 aromatic rings. The second-order valence-corrected chi connectivity index (χ2v) is 5.43. The first-order chi connectivity index (χ1) is 8.07. The van der Waals surface area contributed by atoms with Crippen LogP contribution in [-0.4, -0.2) is 57.0 Å². The lowest BCUT2D eigenvalue weighted by molar-refractivity contribution is -0.0465. The number of nitrogens with zero attached hydrogens (tertiary/aromatic N) is 1. The zero-order valence-corrected chi connectivity index (χ0v) is 11.7. The summed E-state index contributed by atoms with van der Waals surface area (Å²) in [4.78, 5) is 2.47. The van der Waals surface area contributed by atoms with E-state index < -0.39 is 0 Å². The van der Waals surface area contributed by atoms with Gasteiger partial charge in [0.25, 0.3) is 0 Å². The maximum Gasteiger partial charge on any atom is 0.0724 e. The van der Waals surface area contributed by atoms with Gasteiger partial charge in [0, 0.05) is 39.5 Å². The van der Waals surface area contributed by atoms with Gasteiger partial charge in [-0.1, -0.05) is 6.92 Å². The molecule has 0 aliphatic carbocycles. The van der Waals surface area contributed by atoms with Gasteiger partial charge in [-0.05, 0) is 32.2 Å². The standard InChI is InChI=1S/C13H28N2O2/c1-11-5-7-15(9-12(11)17-4)13(2,10-14)6-8-16-3/h11-12H,5-10,14H2,1-4H3. The van der Waals surface area contributed by atoms with Crippen molar-refractivity contribution in [1.82, 2.24) is 4.90 Å². The third-order valence-corrected chi connectivity index (χ3v) is 4.24. The molecule has 0 bridgehead atoms. The molecule has 0 aromatic carbocycles. The Labute approximate surface area is 105 Å². The van der Waals surface area contributed by atoms with E-state index in [-0.39, 0.29) is 5.54 Å². The van der Waals surface area contributed by atoms with Crippen LogP contribution in [0.4, 0.5) is 0 Å². The van der Waals surface area contributed by atoms with Crippen molar-refractivity contribution < 1.29 is 9.47 Å². The predicted octanol–water partition coefficient (Wildman–Crippen LogP) is 1.10. The van der Waals surface area contributed by atoms with Crippen molar-refractivity contribution in [3.63, 3.8) is 0 Å². The quantitative estimate of drug-likeness (QED) is 0.760. The molecule has 0 amide bonds. The van der Waals surface area contributed by atoms with E-state index in [1.807, 2.05) is 0 Å². The van der Waals surface area contributed by atoms with Gasteiger partial charge >= 0.3 is 0 Å². The van der Waals surface area contributed by atoms with Gasteiger partial charge in [-0.2, -0.15) is 0 Å². The molecule has 1 aliphatic heterocycles. The highest BCUT2D eigenvalue weighted by Crippen LogP contribution is 2.27. The average Bonchev–Trinajstić information content (AvgIpc) is 2.36. The molecule has 0 spiro atoms. The molecule has 17 heavy (non-hydrogen) atoms. The topological polar surface area (TPSA) is 47.7 Å². The number of methoxy groups -OCH3 is 2. The number of piperidine rings is 1. The maximum atomic E-state index is 5.96. The Bertz CT molecular complexity index is 225. The first kappa shape index (κ1) is 14.9. The molecule has 0 aromatic heterocycles. The van der Waals surface area contributed by atoms with Crippen LogP contribution in [-0.2, 0) is 9.47 Å². The number of hydrogen-bond acceptors (Lipinski definition) is 4. The van der Waals surface area contributed by atoms with E-state index in [4.69, 9.17) is 15.2 Å². The highest BCUT2D eigenvalue weighted by molar-refractivity contribution is 4.92. The van der Waals surface area contributed by atoms with Gasteiger partial charge in [0.15, 0.2) is 0 Å². The van der Waals surface area contributed by atoms with Crippen LogP contribution in [0.2, 0.25) is 0 Å². The molecule has 1 heterocycles. The van der Waals surface area contributed by atoms with Crippen molar-refractivity contribution in [2.24, 2.45) is 11.7 Å². The molecule has 3 atom stereocenters. The molecule has 3 unspecified atom stereocenters. The van der Waals surface area contributed by atoms with Gasteiger partial charge < -0.3 is 15.2 Å². The molecule has 102 valence electrons. The fourth-order valence-corrected chi connectivity index (χ4v) is 2.54. The van der Waals surface area contributed by atoms with Gasteiger partial charge in [0.05, 0.1) is 6.10 Å². The first-order valence-corrected chi connectivity index (χ1v) is 6.54. The molecule has 4 nitrogen and oxygen atoms in total. The van der Waals surface area contributed by atoms with E-state index in [9.17, 15) is 0 Å². The van der Waals surface area contributed by atoms with E-state index in [2.05, 4.69) is 18.7 Å². The van der Waals surface area contributed by atoms with Crippen LogP contribution in [0.5, 0.6) is 0 Å². The summed E-state index contributed by atoms with van der Waals surface area (Å²) in [7, 11) is 3.55. The Morgan fingerprint density at radius 1 is 1.41 bits per heavy atom. The zero-order valence-electron chi connectivity index (χ0n) is 11.7. The third-order valence-electron chi connectivity index (χ3n) is 4.24. The first-order valence-electron chi connectivity index (χ1n) is 6.54. The predicted molar refractivity (Wildman–Crippen MR) is 70.1 cm³/mol. The second-order valence-electron chi connectivity index (χ2n) is 5.43. The van der Waals surface area contributed by atoms with Crippen LogP contribution in [0.1, 0.15) is 26.7 Å². The maximum absolute atomic E-state index is 5.96. The summed E-state index contributed by atoms with van der Waals surface area (Å²) in [5.41, 5.74) is 6.00. The van der Waals surface area contributed by atoms with Crippen molar-refractivity contribution in [1.29, 1.82) is 0 Å². The highest BCUT2D eigenvalue weighted by atomic mass is 16.5. The van der Waals surface area contributed by atoms with E-state index in [1.54, 1.807) is 14.2 Å². The largest absolute Gasteiger partial charge is 0.385 e. The average molecular weight is 244 g/mol. The lowest BCUT2D eigenvalue weighted by Gasteiger charge is -2.46. The summed E-state index contributed by atoms with van der Waals surface area (Å²) in [6.45, 7) is 8.02. The van der Waals surface area contributed by atoms with E-state index in [1.165, 1.54) is 6.42 Å². The second kappa shape index (κ2) is 6.69. The van der Waals surface area contributed by atoms with E-state index in [0.717, 1.165) is 26.1 Å². The van der Waals surface area contributed by atoms with Crippen LogP contribution in [0, 0.1) is 5.92 Å². The van der Waals surface area contributed by atoms with Crippen LogP contribution >= 0.6 is 0 Å². The highest BCUT2D eigenvalue weighted by Gasteiger charge is 2.36. The lowest BCUT2D eigenvalue weighted by Crippen LogP contribution is -2.58. The Morgan fingerprint density at radius 3 is 2.65 bits per heavy atom. The number of ether oxygens (including phenoxy) is 2. The SMILES string of the molecule is COCCC(C)(CN)N1CCC(C)C(OC)C1. The van der Waals surface area contributed by atoms with Gasteiger partial charge in [-0.25, -0.2) is 0 Å². The fraction of sp³-hybridized carbons (Fsp3) is 1.00. The fourth-order valence-electron chi connectivity index (χ4n) is 2.54. The molecule has 1 rings (SSSR count). The third kappa shape index (κ3) is 3.65. The minimum Gasteiger partial charge on any atom is -0.385 e. The molecule has 4 heteroatoms. The summed E-state index contributed by atoms with van der Waals surface area (Å²) in [6.07, 6.45) is 2.49. The van der Waals surface area contributed by atoms with Crippen LogP contribution in [0.25, 0.3) is 0 Å². The van der Waals surface area contributed by atoms with Crippen molar-refractivity contribution in [2.75, 3.05) is 40.5 Å². The summed E-state index contributed by atoms with van der Waals surface area (Å²) < 4.78 is 10.8. The number of likely N-dealkylation sites (tertiary alicyclic amines) is 1. The van der Waals surface area contributed by atoms with Crippen molar-refractivity contribution >= 4 is 0 Å². The minimum absolute atomic E-state index is 0.0347. The zero-order chi connectivity index (χ0) is 12.9. The van der Waals surface area contributed by atoms with Crippen molar-refractivity contribution in [2.45, 2.75) is 38.3 Å². The van der Waals surface area contributed by atoms with Crippen LogP contribution < -0.4 is 5.73 Å². The molecule has 2 N–H and O–H groups in total. The molecule has 0 saturated carbocycles. The van der Waals surface area contributed by atoms with Crippen LogP contribution in [0.3, 0.4) is 0 Å². The Morgan fingerprint density at radius 2 is 2.12 bits per heavy atom. The normalized spacial score (nSPS) is 30.2. The summed E-state index contributed by atoms with van der Waals surface area (Å²) in [5, 5.41) is 0. The number of rotatable bonds is 6. The van der Waals surface area contributed by atoms with Crippen molar-refractivity contribution in [3.8, 4) is 0 Å². The van der Waals surface area contributed by atoms with Gasteiger partial charge in [0.1, 0.15) is 0 Å². The van der Waals surface area contributed by atoms with E-state index in [0.29, 0.717) is 18.6 Å². The van der Waals surface area contributed by atoms with Gasteiger partial charge in [-0.3, -0.25) is 4.90 Å². The van der Waals surface area contributed by atoms with E-state index >= 15 is 0 Å². The van der Waals surface area contributed by atoms with Gasteiger partial charge in [0.2, 0.25) is 0 Å². The van der Waals surface area contributed by atoms with Crippen molar-refractivity contribution in [3.05, 3.63) is 0 Å². The molecular weight excluding hydrogens is 216 g/mol. The van der Waals surface area contributed by atoms with Crippen LogP contribution in [0.15, 0.2) is 0 Å². The molecule has 1 fully saturated rings. The summed E-state index contributed by atoms with van der Waals surface area (Å²) >= 11 is 0. The lowest BCUT2D eigenvalue weighted by atomic mass is 9.88. The Kier molecular flexibility index (Phi) is 5.86. The minimum atomic E-state index is 0.0347. The number of nitrogens with two attached hydrogens (primary N) is 1. The number of hydrogen-bond donors (Lipinski definition) is 1. The Hall–Kier alpha value is -0.160. The Balaban J connectivity index is 2.62. The molecular formula is C13H28N2O2. The monoisotopic (exact) mass is 244 g/mol. The summed E-state index contributed by atoms with van der Waals surface area (Å²) in [5.74, 6) is 0.640. The smallest absolute Gasteiger partial charge is 0.0724 e. The van der Waals surface area contributed by atoms with Gasteiger partial charge in [-0.15, -0.1) is 0 Å². The molecule has 1 saturated heterocycles. The molecule has 1 aliphatic rings. The summed E-state index contributed by atoms with van der Waals surface area (Å²) in [6, 6.07) is 0.